The maximum atomic E-state index is 11.2. The first-order valence-electron chi connectivity index (χ1n) is 6.33. The summed E-state index contributed by atoms with van der Waals surface area (Å²) in [5.41, 5.74) is 9.65. The highest BCUT2D eigenvalue weighted by Crippen LogP contribution is 2.27. The van der Waals surface area contributed by atoms with Crippen molar-refractivity contribution in [3.05, 3.63) is 52.6 Å². The van der Waals surface area contributed by atoms with Crippen LogP contribution in [0.15, 0.2) is 30.3 Å². The number of aromatic carboxylic acids is 1. The molecular formula is C16H15N3O2. The lowest BCUT2D eigenvalue weighted by molar-refractivity contribution is 0.0698. The molecule has 0 bridgehead atoms. The van der Waals surface area contributed by atoms with Crippen molar-refractivity contribution in [3.8, 4) is 6.07 Å². The van der Waals surface area contributed by atoms with Crippen LogP contribution >= 0.6 is 0 Å². The van der Waals surface area contributed by atoms with Gasteiger partial charge in [0.25, 0.3) is 0 Å². The number of hydrogen-bond acceptors (Lipinski definition) is 4. The summed E-state index contributed by atoms with van der Waals surface area (Å²) in [7, 11) is 0. The van der Waals surface area contributed by atoms with E-state index >= 15 is 0 Å². The smallest absolute Gasteiger partial charge is 0.337 e. The molecule has 106 valence electrons. The van der Waals surface area contributed by atoms with Crippen molar-refractivity contribution in [1.82, 2.24) is 0 Å². The van der Waals surface area contributed by atoms with E-state index in [9.17, 15) is 4.79 Å². The minimum atomic E-state index is -1.07. The number of carboxylic acid groups (broad SMARTS) is 1. The van der Waals surface area contributed by atoms with Gasteiger partial charge in [0.05, 0.1) is 17.2 Å². The Kier molecular flexibility index (Phi) is 3.81. The molecule has 0 aromatic heterocycles. The summed E-state index contributed by atoms with van der Waals surface area (Å²) in [5, 5.41) is 21.3. The van der Waals surface area contributed by atoms with Gasteiger partial charge in [-0.1, -0.05) is 6.07 Å². The Morgan fingerprint density at radius 3 is 2.57 bits per heavy atom. The van der Waals surface area contributed by atoms with Crippen molar-refractivity contribution in [2.45, 2.75) is 13.8 Å². The van der Waals surface area contributed by atoms with Gasteiger partial charge in [0.15, 0.2) is 0 Å². The molecule has 0 saturated heterocycles. The van der Waals surface area contributed by atoms with E-state index in [1.807, 2.05) is 13.0 Å². The Bertz CT molecular complexity index is 761. The van der Waals surface area contributed by atoms with Gasteiger partial charge < -0.3 is 16.2 Å². The number of aryl methyl sites for hydroxylation is 2. The molecule has 21 heavy (non-hydrogen) atoms. The van der Waals surface area contributed by atoms with Crippen LogP contribution in [0.2, 0.25) is 0 Å². The first kappa shape index (κ1) is 14.4. The number of nitrogens with zero attached hydrogens (tertiary/aromatic N) is 1. The molecule has 0 fully saturated rings. The number of anilines is 3. The van der Waals surface area contributed by atoms with Gasteiger partial charge in [-0.15, -0.1) is 0 Å². The predicted molar refractivity (Wildman–Crippen MR) is 81.7 cm³/mol. The number of nitriles is 1. The van der Waals surface area contributed by atoms with Crippen LogP contribution in [0, 0.1) is 25.2 Å². The number of benzene rings is 2. The number of carbonyl (C=O) groups is 1. The van der Waals surface area contributed by atoms with Crippen LogP contribution in [0.5, 0.6) is 0 Å². The van der Waals surface area contributed by atoms with E-state index in [1.54, 1.807) is 25.1 Å². The molecule has 0 heterocycles. The normalized spacial score (nSPS) is 9.95. The van der Waals surface area contributed by atoms with Crippen LogP contribution in [0.4, 0.5) is 17.1 Å². The van der Waals surface area contributed by atoms with Gasteiger partial charge in [0, 0.05) is 17.1 Å². The first-order valence-corrected chi connectivity index (χ1v) is 6.33. The summed E-state index contributed by atoms with van der Waals surface area (Å²) in [6.07, 6.45) is 0. The topological polar surface area (TPSA) is 99.1 Å². The number of nitrogen functional groups attached to an aromatic ring is 1. The van der Waals surface area contributed by atoms with Crippen LogP contribution in [-0.2, 0) is 0 Å². The molecule has 0 saturated carbocycles. The van der Waals surface area contributed by atoms with Crippen LogP contribution in [0.25, 0.3) is 0 Å². The van der Waals surface area contributed by atoms with E-state index in [1.165, 1.54) is 6.07 Å². The zero-order valence-corrected chi connectivity index (χ0v) is 11.8. The van der Waals surface area contributed by atoms with E-state index in [0.717, 1.165) is 11.3 Å². The lowest BCUT2D eigenvalue weighted by Crippen LogP contribution is -2.06. The molecule has 0 amide bonds. The second kappa shape index (κ2) is 5.55. The van der Waals surface area contributed by atoms with Crippen LogP contribution < -0.4 is 11.1 Å². The van der Waals surface area contributed by atoms with Crippen molar-refractivity contribution < 1.29 is 9.90 Å². The largest absolute Gasteiger partial charge is 0.478 e. The summed E-state index contributed by atoms with van der Waals surface area (Å²) >= 11 is 0. The fraction of sp³-hybridized carbons (Fsp3) is 0.125. The van der Waals surface area contributed by atoms with Gasteiger partial charge >= 0.3 is 5.97 Å². The lowest BCUT2D eigenvalue weighted by Gasteiger charge is -2.13. The molecule has 0 atom stereocenters. The quantitative estimate of drug-likeness (QED) is 0.750. The van der Waals surface area contributed by atoms with Gasteiger partial charge in [0.2, 0.25) is 0 Å². The van der Waals surface area contributed by atoms with E-state index in [0.29, 0.717) is 16.8 Å². The average molecular weight is 281 g/mol. The summed E-state index contributed by atoms with van der Waals surface area (Å²) in [5.74, 6) is -1.07. The lowest BCUT2D eigenvalue weighted by atomic mass is 10.1. The maximum Gasteiger partial charge on any atom is 0.337 e. The first-order chi connectivity index (χ1) is 9.92. The van der Waals surface area contributed by atoms with E-state index in [-0.39, 0.29) is 11.3 Å². The summed E-state index contributed by atoms with van der Waals surface area (Å²) in [6, 6.07) is 10.6. The minimum absolute atomic E-state index is 0.0617. The molecule has 0 unspecified atom stereocenters. The molecule has 0 aliphatic heterocycles. The van der Waals surface area contributed by atoms with E-state index in [2.05, 4.69) is 11.4 Å². The average Bonchev–Trinajstić information content (AvgIpc) is 2.44. The van der Waals surface area contributed by atoms with Gasteiger partial charge in [-0.25, -0.2) is 4.79 Å². The van der Waals surface area contributed by atoms with Gasteiger partial charge in [-0.05, 0) is 49.2 Å². The zero-order chi connectivity index (χ0) is 15.6. The summed E-state index contributed by atoms with van der Waals surface area (Å²) < 4.78 is 0. The summed E-state index contributed by atoms with van der Waals surface area (Å²) in [4.78, 5) is 11.2. The number of nitrogens with two attached hydrogens (primary N) is 1. The van der Waals surface area contributed by atoms with Crippen LogP contribution in [0.1, 0.15) is 27.0 Å². The second-order valence-corrected chi connectivity index (χ2v) is 4.83. The van der Waals surface area contributed by atoms with Crippen LogP contribution in [0.3, 0.4) is 0 Å². The highest BCUT2D eigenvalue weighted by Gasteiger charge is 2.12. The fourth-order valence-electron chi connectivity index (χ4n) is 2.03. The molecule has 5 heteroatoms. The minimum Gasteiger partial charge on any atom is -0.478 e. The number of carboxylic acids is 1. The molecule has 5 nitrogen and oxygen atoms in total. The fourth-order valence-corrected chi connectivity index (χ4v) is 2.03. The highest BCUT2D eigenvalue weighted by molar-refractivity contribution is 5.96. The number of rotatable bonds is 3. The van der Waals surface area contributed by atoms with Gasteiger partial charge in [0.1, 0.15) is 0 Å². The molecule has 2 aromatic carbocycles. The van der Waals surface area contributed by atoms with Crippen molar-refractivity contribution in [1.29, 1.82) is 5.26 Å². The molecule has 0 aliphatic carbocycles. The molecule has 0 aliphatic rings. The predicted octanol–water partition coefficient (Wildman–Crippen LogP) is 3.20. The number of hydrogen-bond donors (Lipinski definition) is 3. The van der Waals surface area contributed by atoms with Crippen LogP contribution in [-0.4, -0.2) is 11.1 Å². The third-order valence-electron chi connectivity index (χ3n) is 3.26. The monoisotopic (exact) mass is 281 g/mol. The molecule has 2 rings (SSSR count). The number of nitrogens with one attached hydrogen (secondary N) is 1. The van der Waals surface area contributed by atoms with Crippen molar-refractivity contribution >= 4 is 23.0 Å². The maximum absolute atomic E-state index is 11.2. The Hall–Kier alpha value is -3.00. The third kappa shape index (κ3) is 2.95. The molecule has 4 N–H and O–H groups in total. The van der Waals surface area contributed by atoms with Crippen molar-refractivity contribution in [3.63, 3.8) is 0 Å². The molecular weight excluding hydrogens is 266 g/mol. The van der Waals surface area contributed by atoms with Gasteiger partial charge in [-0.3, -0.25) is 0 Å². The molecule has 2 aromatic rings. The Labute approximate surface area is 122 Å². The molecule has 0 spiro atoms. The van der Waals surface area contributed by atoms with E-state index in [4.69, 9.17) is 16.1 Å². The van der Waals surface area contributed by atoms with Crippen molar-refractivity contribution in [2.24, 2.45) is 0 Å². The summed E-state index contributed by atoms with van der Waals surface area (Å²) in [6.45, 7) is 3.66. The third-order valence-corrected chi connectivity index (χ3v) is 3.26. The van der Waals surface area contributed by atoms with Gasteiger partial charge in [-0.2, -0.15) is 5.26 Å². The van der Waals surface area contributed by atoms with Crippen molar-refractivity contribution in [2.75, 3.05) is 11.1 Å². The highest BCUT2D eigenvalue weighted by atomic mass is 16.4. The second-order valence-electron chi connectivity index (χ2n) is 4.83. The van der Waals surface area contributed by atoms with E-state index < -0.39 is 5.97 Å². The Morgan fingerprint density at radius 2 is 1.95 bits per heavy atom. The Morgan fingerprint density at radius 1 is 1.24 bits per heavy atom. The molecule has 0 radical (unpaired) electrons. The standard InChI is InChI=1S/C16H15N3O2/c1-9-3-4-11(8-17)6-14(9)19-12-5-10(2)15(18)13(7-12)16(20)21/h3-7,19H,18H2,1-2H3,(H,20,21). The SMILES string of the molecule is Cc1ccc(C#N)cc1Nc1cc(C)c(N)c(C(=O)O)c1. The Balaban J connectivity index is 2.45. The zero-order valence-electron chi connectivity index (χ0n) is 11.8.